The Morgan fingerprint density at radius 2 is 2.06 bits per heavy atom. The summed E-state index contributed by atoms with van der Waals surface area (Å²) < 4.78 is 4.46. The van der Waals surface area contributed by atoms with Crippen LogP contribution >= 0.6 is 0 Å². The first-order valence-corrected chi connectivity index (χ1v) is 6.01. The van der Waals surface area contributed by atoms with Gasteiger partial charge >= 0.3 is 5.97 Å². The van der Waals surface area contributed by atoms with Crippen molar-refractivity contribution >= 4 is 5.97 Å². The molecule has 0 aromatic heterocycles. The van der Waals surface area contributed by atoms with Crippen LogP contribution in [-0.4, -0.2) is 18.2 Å². The molecule has 0 saturated carbocycles. The topological polar surface area (TPSA) is 46.5 Å². The molecule has 1 atom stereocenters. The number of carbonyl (C=O) groups excluding carboxylic acids is 1. The van der Waals surface area contributed by atoms with E-state index >= 15 is 0 Å². The van der Waals surface area contributed by atoms with Crippen LogP contribution in [0.2, 0.25) is 0 Å². The van der Waals surface area contributed by atoms with Crippen molar-refractivity contribution in [2.24, 2.45) is 0 Å². The van der Waals surface area contributed by atoms with Crippen molar-refractivity contribution in [2.45, 2.75) is 31.8 Å². The zero-order valence-electron chi connectivity index (χ0n) is 10.8. The molecule has 1 aromatic rings. The molecule has 0 aliphatic rings. The molecule has 0 saturated heterocycles. The van der Waals surface area contributed by atoms with Gasteiger partial charge in [0.15, 0.2) is 5.60 Å². The van der Waals surface area contributed by atoms with Gasteiger partial charge in [-0.1, -0.05) is 49.6 Å². The summed E-state index contributed by atoms with van der Waals surface area (Å²) in [6, 6.07) is 9.17. The largest absolute Gasteiger partial charge is 0.459 e. The molecule has 96 valence electrons. The van der Waals surface area contributed by atoms with Crippen molar-refractivity contribution in [3.63, 3.8) is 0 Å². The van der Waals surface area contributed by atoms with Gasteiger partial charge < -0.3 is 9.84 Å². The molecule has 0 amide bonds. The normalized spacial score (nSPS) is 13.1. The minimum atomic E-state index is -1.29. The summed E-state index contributed by atoms with van der Waals surface area (Å²) >= 11 is 0. The maximum Gasteiger partial charge on any atom is 0.384 e. The molecule has 0 radical (unpaired) electrons. The predicted octanol–water partition coefficient (Wildman–Crippen LogP) is 2.24. The number of aliphatic hydroxyl groups is 1. The van der Waals surface area contributed by atoms with Crippen molar-refractivity contribution in [3.05, 3.63) is 35.9 Å². The van der Waals surface area contributed by atoms with Gasteiger partial charge in [0.1, 0.15) is 0 Å². The number of benzene rings is 1. The van der Waals surface area contributed by atoms with Crippen molar-refractivity contribution < 1.29 is 14.6 Å². The number of ether oxygens (including phenoxy) is 1. The number of hydrogen-bond acceptors (Lipinski definition) is 3. The molecule has 3 nitrogen and oxygen atoms in total. The van der Waals surface area contributed by atoms with Gasteiger partial charge in [-0.25, -0.2) is 4.79 Å². The summed E-state index contributed by atoms with van der Waals surface area (Å²) in [5, 5.41) is 10.6. The third kappa shape index (κ3) is 3.90. The number of unbranched alkanes of at least 4 members (excludes halogenated alkanes) is 1. The molecule has 0 aliphatic carbocycles. The van der Waals surface area contributed by atoms with E-state index in [1.807, 2.05) is 37.3 Å². The molecule has 0 heterocycles. The maximum atomic E-state index is 11.1. The van der Waals surface area contributed by atoms with Crippen LogP contribution in [0.5, 0.6) is 0 Å². The average molecular weight is 246 g/mol. The Morgan fingerprint density at radius 1 is 1.39 bits per heavy atom. The number of esters is 1. The molecule has 1 aromatic carbocycles. The van der Waals surface area contributed by atoms with Crippen molar-refractivity contribution in [3.8, 4) is 11.8 Å². The van der Waals surface area contributed by atoms with Crippen LogP contribution in [0.3, 0.4) is 0 Å². The Labute approximate surface area is 108 Å². The van der Waals surface area contributed by atoms with Crippen LogP contribution in [0.4, 0.5) is 0 Å². The van der Waals surface area contributed by atoms with Crippen molar-refractivity contribution in [1.82, 2.24) is 0 Å². The van der Waals surface area contributed by atoms with E-state index in [0.717, 1.165) is 12.8 Å². The zero-order chi connectivity index (χ0) is 13.4. The van der Waals surface area contributed by atoms with Crippen LogP contribution in [0, 0.1) is 11.8 Å². The molecule has 18 heavy (non-hydrogen) atoms. The van der Waals surface area contributed by atoms with Gasteiger partial charge in [0.2, 0.25) is 0 Å². The first-order valence-electron chi connectivity index (χ1n) is 6.01. The standard InChI is InChI=1S/C15H18O3/c1-3-4-11-15(17,12-10-14(16)18-2)13-8-6-5-7-9-13/h5-9,17H,3-4,11H2,1-2H3. The van der Waals surface area contributed by atoms with Gasteiger partial charge in [-0.2, -0.15) is 0 Å². The lowest BCUT2D eigenvalue weighted by molar-refractivity contribution is -0.133. The Morgan fingerprint density at radius 3 is 2.61 bits per heavy atom. The number of hydrogen-bond donors (Lipinski definition) is 1. The minimum Gasteiger partial charge on any atom is -0.459 e. The molecular weight excluding hydrogens is 228 g/mol. The zero-order valence-corrected chi connectivity index (χ0v) is 10.8. The van der Waals surface area contributed by atoms with Crippen LogP contribution in [0.15, 0.2) is 30.3 Å². The van der Waals surface area contributed by atoms with E-state index in [9.17, 15) is 9.90 Å². The molecule has 0 bridgehead atoms. The summed E-state index contributed by atoms with van der Waals surface area (Å²) in [4.78, 5) is 11.1. The quantitative estimate of drug-likeness (QED) is 0.503. The number of carbonyl (C=O) groups is 1. The molecule has 1 N–H and O–H groups in total. The lowest BCUT2D eigenvalue weighted by Gasteiger charge is -2.22. The Bertz CT molecular complexity index is 442. The summed E-state index contributed by atoms with van der Waals surface area (Å²) in [6.07, 6.45) is 2.29. The van der Waals surface area contributed by atoms with Crippen molar-refractivity contribution in [1.29, 1.82) is 0 Å². The van der Waals surface area contributed by atoms with Gasteiger partial charge in [-0.15, -0.1) is 0 Å². The lowest BCUT2D eigenvalue weighted by atomic mass is 9.89. The monoisotopic (exact) mass is 246 g/mol. The third-order valence-corrected chi connectivity index (χ3v) is 2.70. The number of rotatable bonds is 4. The van der Waals surface area contributed by atoms with E-state index in [2.05, 4.69) is 16.6 Å². The van der Waals surface area contributed by atoms with Crippen LogP contribution in [-0.2, 0) is 15.1 Å². The summed E-state index contributed by atoms with van der Waals surface area (Å²) in [6.45, 7) is 2.04. The van der Waals surface area contributed by atoms with E-state index in [-0.39, 0.29) is 0 Å². The first-order chi connectivity index (χ1) is 8.62. The van der Waals surface area contributed by atoms with E-state index in [4.69, 9.17) is 0 Å². The molecule has 0 aliphatic heterocycles. The van der Waals surface area contributed by atoms with E-state index in [1.165, 1.54) is 7.11 Å². The predicted molar refractivity (Wildman–Crippen MR) is 69.7 cm³/mol. The van der Waals surface area contributed by atoms with Crippen LogP contribution in [0.25, 0.3) is 0 Å². The van der Waals surface area contributed by atoms with E-state index in [1.54, 1.807) is 0 Å². The highest BCUT2D eigenvalue weighted by Crippen LogP contribution is 2.26. The minimum absolute atomic E-state index is 0.498. The van der Waals surface area contributed by atoms with Crippen molar-refractivity contribution in [2.75, 3.05) is 7.11 Å². The van der Waals surface area contributed by atoms with Gasteiger partial charge in [0, 0.05) is 5.92 Å². The molecule has 0 spiro atoms. The second-order valence-electron chi connectivity index (χ2n) is 4.07. The van der Waals surface area contributed by atoms with Gasteiger partial charge in [-0.3, -0.25) is 0 Å². The highest BCUT2D eigenvalue weighted by molar-refractivity contribution is 5.88. The molecule has 0 fully saturated rings. The number of methoxy groups -OCH3 is 1. The molecular formula is C15H18O3. The first kappa shape index (κ1) is 14.3. The van der Waals surface area contributed by atoms with E-state index in [0.29, 0.717) is 12.0 Å². The maximum absolute atomic E-state index is 11.1. The smallest absolute Gasteiger partial charge is 0.384 e. The fourth-order valence-corrected chi connectivity index (χ4v) is 1.63. The summed E-state index contributed by atoms with van der Waals surface area (Å²) in [5.41, 5.74) is -0.583. The fraction of sp³-hybridized carbons (Fsp3) is 0.400. The average Bonchev–Trinajstić information content (AvgIpc) is 2.43. The molecule has 3 heteroatoms. The van der Waals surface area contributed by atoms with E-state index < -0.39 is 11.6 Å². The Balaban J connectivity index is 3.01. The molecule has 1 rings (SSSR count). The highest BCUT2D eigenvalue weighted by Gasteiger charge is 2.26. The fourth-order valence-electron chi connectivity index (χ4n) is 1.63. The SMILES string of the molecule is CCCCC(O)(C#CC(=O)OC)c1ccccc1. The second-order valence-corrected chi connectivity index (χ2v) is 4.07. The summed E-state index contributed by atoms with van der Waals surface area (Å²) in [5.74, 6) is 4.31. The Hall–Kier alpha value is -1.79. The Kier molecular flexibility index (Phi) is 5.41. The van der Waals surface area contributed by atoms with Crippen LogP contribution < -0.4 is 0 Å². The second kappa shape index (κ2) is 6.83. The van der Waals surface area contributed by atoms with Gasteiger partial charge in [0.25, 0.3) is 0 Å². The third-order valence-electron chi connectivity index (χ3n) is 2.70. The van der Waals surface area contributed by atoms with Crippen LogP contribution in [0.1, 0.15) is 31.7 Å². The highest BCUT2D eigenvalue weighted by atomic mass is 16.5. The summed E-state index contributed by atoms with van der Waals surface area (Å²) in [7, 11) is 1.27. The lowest BCUT2D eigenvalue weighted by Crippen LogP contribution is -2.24. The van der Waals surface area contributed by atoms with Gasteiger partial charge in [0.05, 0.1) is 7.11 Å². The molecule has 1 unspecified atom stereocenters. The van der Waals surface area contributed by atoms with Gasteiger partial charge in [-0.05, 0) is 18.4 Å².